The smallest absolute Gasteiger partial charge is 0.331 e. The molecule has 1 saturated carbocycles. The van der Waals surface area contributed by atoms with Gasteiger partial charge in [0.1, 0.15) is 0 Å². The second-order valence-electron chi connectivity index (χ2n) is 7.54. The molecular weight excluding hydrogens is 342 g/mol. The molecule has 2 unspecified atom stereocenters. The highest BCUT2D eigenvalue weighted by Gasteiger charge is 2.44. The van der Waals surface area contributed by atoms with Crippen LogP contribution >= 0.6 is 0 Å². The number of rotatable bonds is 5. The number of hydrogen-bond donors (Lipinski definition) is 2. The molecule has 0 spiro atoms. The summed E-state index contributed by atoms with van der Waals surface area (Å²) < 4.78 is 1.35. The van der Waals surface area contributed by atoms with Crippen LogP contribution in [-0.4, -0.2) is 26.8 Å². The molecule has 1 aliphatic rings. The van der Waals surface area contributed by atoms with Gasteiger partial charge in [0.25, 0.3) is 0 Å². The summed E-state index contributed by atoms with van der Waals surface area (Å²) in [6.45, 7) is 3.12. The van der Waals surface area contributed by atoms with Gasteiger partial charge in [-0.3, -0.25) is 9.48 Å². The van der Waals surface area contributed by atoms with Crippen LogP contribution in [0.1, 0.15) is 31.7 Å². The number of aromatic nitrogens is 2. The number of hydrogen-bond acceptors (Lipinski definition) is 3. The van der Waals surface area contributed by atoms with Gasteiger partial charge in [0.05, 0.1) is 11.9 Å². The van der Waals surface area contributed by atoms with Crippen LogP contribution in [0.4, 0.5) is 5.69 Å². The lowest BCUT2D eigenvalue weighted by atomic mass is 10.00. The standard InChI is InChI=1S/C21H21N3O3/c1-21(2,20(26)27)24-12-14(11-22-24)23-19(25)18-10-17(18)16-9-5-7-13-6-3-4-8-15(13)16/h3-9,11-12,17-18H,10H2,1-2H3,(H,23,25)(H,26,27). The van der Waals surface area contributed by atoms with Gasteiger partial charge in [-0.25, -0.2) is 4.79 Å². The number of anilines is 1. The summed E-state index contributed by atoms with van der Waals surface area (Å²) in [5, 5.41) is 18.6. The van der Waals surface area contributed by atoms with Crippen LogP contribution < -0.4 is 5.32 Å². The molecule has 3 aromatic rings. The molecule has 0 saturated heterocycles. The Hall–Kier alpha value is -3.15. The van der Waals surface area contributed by atoms with Crippen molar-refractivity contribution < 1.29 is 14.7 Å². The van der Waals surface area contributed by atoms with E-state index < -0.39 is 11.5 Å². The van der Waals surface area contributed by atoms with Crippen molar-refractivity contribution in [2.75, 3.05) is 5.32 Å². The Morgan fingerprint density at radius 2 is 1.93 bits per heavy atom. The summed E-state index contributed by atoms with van der Waals surface area (Å²) in [4.78, 5) is 24.0. The maximum Gasteiger partial charge on any atom is 0.331 e. The summed E-state index contributed by atoms with van der Waals surface area (Å²) in [5.74, 6) is -0.907. The Labute approximate surface area is 156 Å². The van der Waals surface area contributed by atoms with E-state index in [0.29, 0.717) is 5.69 Å². The highest BCUT2D eigenvalue weighted by atomic mass is 16.4. The Morgan fingerprint density at radius 1 is 1.19 bits per heavy atom. The van der Waals surface area contributed by atoms with Gasteiger partial charge in [0, 0.05) is 12.1 Å². The fourth-order valence-corrected chi connectivity index (χ4v) is 3.43. The number of aliphatic carboxylic acids is 1. The molecule has 138 valence electrons. The number of nitrogens with one attached hydrogen (secondary N) is 1. The molecule has 0 radical (unpaired) electrons. The van der Waals surface area contributed by atoms with Gasteiger partial charge in [-0.2, -0.15) is 5.10 Å². The van der Waals surface area contributed by atoms with E-state index in [-0.39, 0.29) is 17.7 Å². The molecule has 0 aliphatic heterocycles. The molecule has 1 aliphatic carbocycles. The number of fused-ring (bicyclic) bond motifs is 1. The van der Waals surface area contributed by atoms with Gasteiger partial charge in [0.15, 0.2) is 5.54 Å². The summed E-state index contributed by atoms with van der Waals surface area (Å²) in [6.07, 6.45) is 3.85. The minimum Gasteiger partial charge on any atom is -0.479 e. The van der Waals surface area contributed by atoms with Gasteiger partial charge >= 0.3 is 5.97 Å². The molecule has 1 aromatic heterocycles. The molecule has 2 aromatic carbocycles. The van der Waals surface area contributed by atoms with Crippen molar-refractivity contribution in [2.24, 2.45) is 5.92 Å². The molecule has 1 heterocycles. The Kier molecular flexibility index (Phi) is 3.98. The van der Waals surface area contributed by atoms with Gasteiger partial charge in [-0.15, -0.1) is 0 Å². The minimum absolute atomic E-state index is 0.0550. The average molecular weight is 363 g/mol. The van der Waals surface area contributed by atoms with Gasteiger partial charge < -0.3 is 10.4 Å². The molecule has 6 nitrogen and oxygen atoms in total. The number of carbonyl (C=O) groups is 2. The zero-order chi connectivity index (χ0) is 19.2. The van der Waals surface area contributed by atoms with Crippen molar-refractivity contribution in [3.63, 3.8) is 0 Å². The number of benzene rings is 2. The zero-order valence-electron chi connectivity index (χ0n) is 15.2. The van der Waals surface area contributed by atoms with Crippen molar-refractivity contribution in [3.8, 4) is 0 Å². The SMILES string of the molecule is CC(C)(C(=O)O)n1cc(NC(=O)C2CC2c2cccc3ccccc23)cn1. The largest absolute Gasteiger partial charge is 0.479 e. The lowest BCUT2D eigenvalue weighted by molar-refractivity contribution is -0.146. The summed E-state index contributed by atoms with van der Waals surface area (Å²) in [7, 11) is 0. The van der Waals surface area contributed by atoms with Crippen LogP contribution in [0, 0.1) is 5.92 Å². The lowest BCUT2D eigenvalue weighted by Crippen LogP contribution is -2.35. The van der Waals surface area contributed by atoms with Crippen LogP contribution in [0.3, 0.4) is 0 Å². The third kappa shape index (κ3) is 3.07. The quantitative estimate of drug-likeness (QED) is 0.725. The minimum atomic E-state index is -1.17. The summed E-state index contributed by atoms with van der Waals surface area (Å²) in [5.41, 5.74) is 0.544. The fraction of sp³-hybridized carbons (Fsp3) is 0.286. The molecule has 2 N–H and O–H groups in total. The summed E-state index contributed by atoms with van der Waals surface area (Å²) >= 11 is 0. The first kappa shape index (κ1) is 17.3. The highest BCUT2D eigenvalue weighted by molar-refractivity contribution is 5.96. The van der Waals surface area contributed by atoms with Gasteiger partial charge in [-0.1, -0.05) is 42.5 Å². The maximum atomic E-state index is 12.6. The van der Waals surface area contributed by atoms with Crippen molar-refractivity contribution in [1.82, 2.24) is 9.78 Å². The van der Waals surface area contributed by atoms with Crippen molar-refractivity contribution in [1.29, 1.82) is 0 Å². The number of carbonyl (C=O) groups excluding carboxylic acids is 1. The van der Waals surface area contributed by atoms with E-state index in [2.05, 4.69) is 34.7 Å². The Morgan fingerprint density at radius 3 is 2.70 bits per heavy atom. The third-order valence-electron chi connectivity index (χ3n) is 5.30. The Bertz CT molecular complexity index is 1030. The molecular formula is C21H21N3O3. The zero-order valence-corrected chi connectivity index (χ0v) is 15.2. The first-order valence-electron chi connectivity index (χ1n) is 8.95. The molecule has 4 rings (SSSR count). The lowest BCUT2D eigenvalue weighted by Gasteiger charge is -2.19. The van der Waals surface area contributed by atoms with Crippen LogP contribution in [0.25, 0.3) is 10.8 Å². The third-order valence-corrected chi connectivity index (χ3v) is 5.30. The molecule has 1 amide bonds. The topological polar surface area (TPSA) is 84.2 Å². The van der Waals surface area contributed by atoms with Crippen LogP contribution in [0.2, 0.25) is 0 Å². The van der Waals surface area contributed by atoms with E-state index >= 15 is 0 Å². The van der Waals surface area contributed by atoms with E-state index in [4.69, 9.17) is 0 Å². The van der Waals surface area contributed by atoms with E-state index in [1.165, 1.54) is 27.2 Å². The first-order chi connectivity index (χ1) is 12.9. The van der Waals surface area contributed by atoms with E-state index in [0.717, 1.165) is 6.42 Å². The van der Waals surface area contributed by atoms with Crippen LogP contribution in [-0.2, 0) is 15.1 Å². The summed E-state index contributed by atoms with van der Waals surface area (Å²) in [6, 6.07) is 14.4. The van der Waals surface area contributed by atoms with E-state index in [1.54, 1.807) is 20.0 Å². The molecule has 0 bridgehead atoms. The number of carboxylic acid groups (broad SMARTS) is 1. The molecule has 6 heteroatoms. The number of nitrogens with zero attached hydrogens (tertiary/aromatic N) is 2. The van der Waals surface area contributed by atoms with Crippen molar-refractivity contribution >= 4 is 28.3 Å². The van der Waals surface area contributed by atoms with E-state index in [1.807, 2.05) is 18.2 Å². The predicted molar refractivity (Wildman–Crippen MR) is 103 cm³/mol. The molecule has 27 heavy (non-hydrogen) atoms. The first-order valence-corrected chi connectivity index (χ1v) is 8.95. The van der Waals surface area contributed by atoms with Crippen LogP contribution in [0.5, 0.6) is 0 Å². The fourth-order valence-electron chi connectivity index (χ4n) is 3.43. The average Bonchev–Trinajstić information content (AvgIpc) is 3.31. The normalized spacial score (nSPS) is 19.0. The number of carboxylic acids is 1. The second kappa shape index (κ2) is 6.23. The number of amides is 1. The second-order valence-corrected chi connectivity index (χ2v) is 7.54. The van der Waals surface area contributed by atoms with Crippen molar-refractivity contribution in [2.45, 2.75) is 31.7 Å². The van der Waals surface area contributed by atoms with Crippen LogP contribution in [0.15, 0.2) is 54.9 Å². The van der Waals surface area contributed by atoms with Gasteiger partial charge in [-0.05, 0) is 42.5 Å². The molecule has 2 atom stereocenters. The molecule has 1 fully saturated rings. The monoisotopic (exact) mass is 363 g/mol. The Balaban J connectivity index is 1.48. The van der Waals surface area contributed by atoms with E-state index in [9.17, 15) is 14.7 Å². The predicted octanol–water partition coefficient (Wildman–Crippen LogP) is 3.60. The maximum absolute atomic E-state index is 12.6. The highest BCUT2D eigenvalue weighted by Crippen LogP contribution is 2.49. The van der Waals surface area contributed by atoms with Gasteiger partial charge in [0.2, 0.25) is 5.91 Å². The van der Waals surface area contributed by atoms with Crippen molar-refractivity contribution in [3.05, 3.63) is 60.4 Å².